The van der Waals surface area contributed by atoms with Crippen LogP contribution in [0.25, 0.3) is 0 Å². The molecule has 0 saturated carbocycles. The van der Waals surface area contributed by atoms with Crippen LogP contribution in [0.15, 0.2) is 0 Å². The Morgan fingerprint density at radius 2 is 2.06 bits per heavy atom. The molecule has 1 atom stereocenters. The minimum absolute atomic E-state index is 0.0480. The minimum Gasteiger partial charge on any atom is -0.476 e. The largest absolute Gasteiger partial charge is 0.476 e. The topological polar surface area (TPSA) is 88.2 Å². The Morgan fingerprint density at radius 3 is 2.44 bits per heavy atom. The van der Waals surface area contributed by atoms with E-state index in [-0.39, 0.29) is 17.7 Å². The first-order valence-electron chi connectivity index (χ1n) is 5.08. The van der Waals surface area contributed by atoms with Gasteiger partial charge in [0.2, 0.25) is 0 Å². The van der Waals surface area contributed by atoms with E-state index in [0.29, 0.717) is 5.69 Å². The zero-order valence-electron chi connectivity index (χ0n) is 9.93. The fourth-order valence-electron chi connectivity index (χ4n) is 1.58. The predicted octanol–water partition coefficient (Wildman–Crippen LogP) is 0.655. The Labute approximate surface area is 93.9 Å². The van der Waals surface area contributed by atoms with Crippen molar-refractivity contribution in [3.8, 4) is 0 Å². The number of aromatic nitrogens is 3. The number of aliphatic hydroxyl groups excluding tert-OH is 1. The molecule has 1 rings (SSSR count). The lowest BCUT2D eigenvalue weighted by atomic mass is 9.90. The highest BCUT2D eigenvalue weighted by atomic mass is 16.4. The van der Waals surface area contributed by atoms with Crippen LogP contribution in [-0.2, 0) is 12.0 Å². The van der Waals surface area contributed by atoms with Crippen LogP contribution in [-0.4, -0.2) is 37.3 Å². The van der Waals surface area contributed by atoms with Gasteiger partial charge < -0.3 is 10.2 Å². The fraction of sp³-hybridized carbons (Fsp3) is 0.700. The molecule has 6 nitrogen and oxygen atoms in total. The zero-order valence-corrected chi connectivity index (χ0v) is 9.93. The molecule has 0 spiro atoms. The highest BCUT2D eigenvalue weighted by molar-refractivity contribution is 5.86. The summed E-state index contributed by atoms with van der Waals surface area (Å²) in [6.07, 6.45) is -0.593. The molecule has 0 aliphatic rings. The zero-order chi connectivity index (χ0) is 12.5. The number of nitrogens with zero attached hydrogens (tertiary/aromatic N) is 3. The normalized spacial score (nSPS) is 13.8. The van der Waals surface area contributed by atoms with Gasteiger partial charge in [-0.05, 0) is 6.92 Å². The number of aliphatic hydroxyl groups is 1. The molecule has 2 N–H and O–H groups in total. The Bertz CT molecular complexity index is 391. The van der Waals surface area contributed by atoms with E-state index in [1.165, 1.54) is 4.68 Å². The molecular weight excluding hydrogens is 210 g/mol. The fourth-order valence-corrected chi connectivity index (χ4v) is 1.58. The molecule has 1 heterocycles. The number of carboxylic acid groups (broad SMARTS) is 1. The molecule has 0 fully saturated rings. The molecule has 0 bridgehead atoms. The van der Waals surface area contributed by atoms with Crippen molar-refractivity contribution in [1.82, 2.24) is 15.0 Å². The number of hydrogen-bond donors (Lipinski definition) is 2. The summed E-state index contributed by atoms with van der Waals surface area (Å²) < 4.78 is 1.45. The number of carbonyl (C=O) groups is 1. The Hall–Kier alpha value is -1.43. The first-order chi connectivity index (χ1) is 7.23. The van der Waals surface area contributed by atoms with E-state index in [9.17, 15) is 9.90 Å². The molecule has 1 aromatic rings. The van der Waals surface area contributed by atoms with E-state index in [1.807, 2.05) is 20.8 Å². The molecule has 16 heavy (non-hydrogen) atoms. The van der Waals surface area contributed by atoms with E-state index >= 15 is 0 Å². The van der Waals surface area contributed by atoms with Crippen LogP contribution in [0.5, 0.6) is 0 Å². The maximum Gasteiger partial charge on any atom is 0.358 e. The van der Waals surface area contributed by atoms with Gasteiger partial charge in [-0.15, -0.1) is 5.10 Å². The van der Waals surface area contributed by atoms with E-state index in [1.54, 1.807) is 6.92 Å². The summed E-state index contributed by atoms with van der Waals surface area (Å²) in [5.41, 5.74) is 0.0978. The van der Waals surface area contributed by atoms with Crippen LogP contribution in [0, 0.1) is 0 Å². The summed E-state index contributed by atoms with van der Waals surface area (Å²) in [6, 6.07) is 0. The van der Waals surface area contributed by atoms with Crippen molar-refractivity contribution in [2.75, 3.05) is 0 Å². The Balaban J connectivity index is 3.25. The summed E-state index contributed by atoms with van der Waals surface area (Å²) >= 11 is 0. The van der Waals surface area contributed by atoms with E-state index in [2.05, 4.69) is 10.3 Å². The van der Waals surface area contributed by atoms with Gasteiger partial charge in [-0.3, -0.25) is 0 Å². The highest BCUT2D eigenvalue weighted by Crippen LogP contribution is 2.24. The van der Waals surface area contributed by atoms with Crippen molar-refractivity contribution in [2.24, 2.45) is 0 Å². The number of hydrogen-bond acceptors (Lipinski definition) is 4. The van der Waals surface area contributed by atoms with Crippen molar-refractivity contribution in [3.05, 3.63) is 11.4 Å². The first kappa shape index (κ1) is 12.6. The van der Waals surface area contributed by atoms with Gasteiger partial charge in [0, 0.05) is 5.41 Å². The summed E-state index contributed by atoms with van der Waals surface area (Å²) in [5, 5.41) is 25.7. The van der Waals surface area contributed by atoms with Gasteiger partial charge in [-0.25, -0.2) is 9.48 Å². The molecule has 0 radical (unpaired) electrons. The second kappa shape index (κ2) is 4.21. The second-order valence-corrected chi connectivity index (χ2v) is 4.87. The molecule has 0 aliphatic heterocycles. The molecule has 0 amide bonds. The lowest BCUT2D eigenvalue weighted by molar-refractivity contribution is 0.0687. The van der Waals surface area contributed by atoms with E-state index < -0.39 is 12.1 Å². The Kier molecular flexibility index (Phi) is 3.32. The Morgan fingerprint density at radius 1 is 1.50 bits per heavy atom. The summed E-state index contributed by atoms with van der Waals surface area (Å²) in [6.45, 7) is 7.52. The average molecular weight is 227 g/mol. The molecule has 0 saturated heterocycles. The molecule has 1 aromatic heterocycles. The van der Waals surface area contributed by atoms with Gasteiger partial charge in [0.05, 0.1) is 18.3 Å². The summed E-state index contributed by atoms with van der Waals surface area (Å²) in [5.74, 6) is -1.10. The van der Waals surface area contributed by atoms with E-state index in [0.717, 1.165) is 0 Å². The number of aromatic carboxylic acids is 1. The van der Waals surface area contributed by atoms with Gasteiger partial charge in [0.1, 0.15) is 0 Å². The van der Waals surface area contributed by atoms with Gasteiger partial charge in [0.15, 0.2) is 5.69 Å². The van der Waals surface area contributed by atoms with Gasteiger partial charge in [-0.2, -0.15) is 0 Å². The first-order valence-corrected chi connectivity index (χ1v) is 5.08. The molecule has 90 valence electrons. The maximum atomic E-state index is 11.0. The lowest BCUT2D eigenvalue weighted by Crippen LogP contribution is -2.24. The highest BCUT2D eigenvalue weighted by Gasteiger charge is 2.29. The third kappa shape index (κ3) is 2.57. The van der Waals surface area contributed by atoms with Crippen LogP contribution >= 0.6 is 0 Å². The molecule has 6 heteroatoms. The standard InChI is InChI=1S/C10H17N3O3/c1-6(14)5-13-8(10(2,3)4)7(9(15)16)11-12-13/h6,14H,5H2,1-4H3,(H,15,16). The van der Waals surface area contributed by atoms with Crippen molar-refractivity contribution in [2.45, 2.75) is 45.8 Å². The van der Waals surface area contributed by atoms with Gasteiger partial charge >= 0.3 is 5.97 Å². The summed E-state index contributed by atoms with van der Waals surface area (Å²) in [4.78, 5) is 11.0. The second-order valence-electron chi connectivity index (χ2n) is 4.87. The molecule has 0 aromatic carbocycles. The van der Waals surface area contributed by atoms with Crippen LogP contribution in [0.1, 0.15) is 43.9 Å². The van der Waals surface area contributed by atoms with Gasteiger partial charge in [0.25, 0.3) is 0 Å². The SMILES string of the molecule is CC(O)Cn1nnc(C(=O)O)c1C(C)(C)C. The molecule has 1 unspecified atom stereocenters. The van der Waals surface area contributed by atoms with Crippen molar-refractivity contribution >= 4 is 5.97 Å². The van der Waals surface area contributed by atoms with Crippen molar-refractivity contribution < 1.29 is 15.0 Å². The number of carboxylic acids is 1. The van der Waals surface area contributed by atoms with Crippen molar-refractivity contribution in [1.29, 1.82) is 0 Å². The van der Waals surface area contributed by atoms with Crippen LogP contribution in [0.2, 0.25) is 0 Å². The molecular formula is C10H17N3O3. The monoisotopic (exact) mass is 227 g/mol. The maximum absolute atomic E-state index is 11.0. The average Bonchev–Trinajstić information content (AvgIpc) is 2.45. The minimum atomic E-state index is -1.10. The quantitative estimate of drug-likeness (QED) is 0.791. The van der Waals surface area contributed by atoms with Crippen molar-refractivity contribution in [3.63, 3.8) is 0 Å². The van der Waals surface area contributed by atoms with Crippen LogP contribution in [0.3, 0.4) is 0 Å². The van der Waals surface area contributed by atoms with E-state index in [4.69, 9.17) is 5.11 Å². The predicted molar refractivity (Wildman–Crippen MR) is 57.4 cm³/mol. The summed E-state index contributed by atoms with van der Waals surface area (Å²) in [7, 11) is 0. The smallest absolute Gasteiger partial charge is 0.358 e. The van der Waals surface area contributed by atoms with Crippen LogP contribution < -0.4 is 0 Å². The van der Waals surface area contributed by atoms with Gasteiger partial charge in [-0.1, -0.05) is 26.0 Å². The lowest BCUT2D eigenvalue weighted by Gasteiger charge is -2.20. The number of rotatable bonds is 3. The van der Waals surface area contributed by atoms with Crippen LogP contribution in [0.4, 0.5) is 0 Å². The third-order valence-electron chi connectivity index (χ3n) is 2.09. The molecule has 0 aliphatic carbocycles. The third-order valence-corrected chi connectivity index (χ3v) is 2.09.